The van der Waals surface area contributed by atoms with Crippen molar-refractivity contribution in [3.63, 3.8) is 0 Å². The Morgan fingerprint density at radius 1 is 1.44 bits per heavy atom. The van der Waals surface area contributed by atoms with Crippen LogP contribution in [-0.4, -0.2) is 36.5 Å². The van der Waals surface area contributed by atoms with Crippen molar-refractivity contribution in [2.24, 2.45) is 0 Å². The van der Waals surface area contributed by atoms with Crippen LogP contribution in [0.3, 0.4) is 0 Å². The van der Waals surface area contributed by atoms with E-state index in [0.717, 1.165) is 24.9 Å². The molecule has 0 aliphatic carbocycles. The summed E-state index contributed by atoms with van der Waals surface area (Å²) in [7, 11) is 1.83. The molecule has 1 N–H and O–H groups in total. The number of carbonyl (C=O) groups is 1. The van der Waals surface area contributed by atoms with E-state index in [4.69, 9.17) is 0 Å². The molecule has 0 saturated carbocycles. The summed E-state index contributed by atoms with van der Waals surface area (Å²) in [6, 6.07) is 6.65. The lowest BCUT2D eigenvalue weighted by atomic mass is 10.1. The Hall–Kier alpha value is -1.42. The number of likely N-dealkylation sites (N-methyl/N-ethyl adjacent to an activating group) is 1. The number of amides is 1. The van der Waals surface area contributed by atoms with Crippen LogP contribution in [0.1, 0.15) is 18.9 Å². The molecule has 1 amide bonds. The molecule has 98 valence electrons. The van der Waals surface area contributed by atoms with Crippen molar-refractivity contribution in [1.82, 2.24) is 10.2 Å². The third-order valence-electron chi connectivity index (χ3n) is 3.37. The van der Waals surface area contributed by atoms with Crippen molar-refractivity contribution in [1.29, 1.82) is 0 Å². The highest BCUT2D eigenvalue weighted by atomic mass is 19.1. The number of hydrogen-bond acceptors (Lipinski definition) is 2. The lowest BCUT2D eigenvalue weighted by molar-refractivity contribution is -0.128. The molecule has 2 atom stereocenters. The molecule has 0 aromatic heterocycles. The van der Waals surface area contributed by atoms with E-state index in [1.165, 1.54) is 12.1 Å². The van der Waals surface area contributed by atoms with E-state index in [-0.39, 0.29) is 23.8 Å². The van der Waals surface area contributed by atoms with Gasteiger partial charge in [-0.2, -0.15) is 0 Å². The van der Waals surface area contributed by atoms with Gasteiger partial charge in [0.05, 0.1) is 6.04 Å². The molecular weight excluding hydrogens is 231 g/mol. The van der Waals surface area contributed by atoms with Gasteiger partial charge in [-0.25, -0.2) is 4.39 Å². The van der Waals surface area contributed by atoms with Gasteiger partial charge >= 0.3 is 0 Å². The standard InChI is InChI=1S/C14H19FN2O/c1-10(9-11-3-5-12(15)6-4-11)16-13-7-8-17(2)14(13)18/h3-6,10,13,16H,7-9H2,1-2H3. The van der Waals surface area contributed by atoms with E-state index in [2.05, 4.69) is 12.2 Å². The highest BCUT2D eigenvalue weighted by molar-refractivity contribution is 5.83. The number of hydrogen-bond donors (Lipinski definition) is 1. The van der Waals surface area contributed by atoms with Crippen molar-refractivity contribution in [3.8, 4) is 0 Å². The summed E-state index contributed by atoms with van der Waals surface area (Å²) in [6.07, 6.45) is 1.66. The van der Waals surface area contributed by atoms with Crippen LogP contribution in [0.15, 0.2) is 24.3 Å². The molecule has 0 spiro atoms. The second kappa shape index (κ2) is 5.48. The number of nitrogens with zero attached hydrogens (tertiary/aromatic N) is 1. The fourth-order valence-electron chi connectivity index (χ4n) is 2.35. The van der Waals surface area contributed by atoms with Crippen molar-refractivity contribution in [3.05, 3.63) is 35.6 Å². The first-order valence-corrected chi connectivity index (χ1v) is 6.31. The lowest BCUT2D eigenvalue weighted by Crippen LogP contribution is -2.42. The Kier molecular flexibility index (Phi) is 3.97. The van der Waals surface area contributed by atoms with Crippen molar-refractivity contribution < 1.29 is 9.18 Å². The van der Waals surface area contributed by atoms with E-state index in [1.54, 1.807) is 17.0 Å². The molecule has 1 aliphatic heterocycles. The van der Waals surface area contributed by atoms with E-state index >= 15 is 0 Å². The Morgan fingerprint density at radius 2 is 2.11 bits per heavy atom. The van der Waals surface area contributed by atoms with Gasteiger partial charge < -0.3 is 10.2 Å². The summed E-state index contributed by atoms with van der Waals surface area (Å²) in [5.41, 5.74) is 1.08. The van der Waals surface area contributed by atoms with Crippen LogP contribution in [0.4, 0.5) is 4.39 Å². The van der Waals surface area contributed by atoms with E-state index in [1.807, 2.05) is 7.05 Å². The largest absolute Gasteiger partial charge is 0.344 e. The normalized spacial score (nSPS) is 21.4. The maximum Gasteiger partial charge on any atom is 0.239 e. The van der Waals surface area contributed by atoms with Gasteiger partial charge in [-0.15, -0.1) is 0 Å². The van der Waals surface area contributed by atoms with Crippen molar-refractivity contribution in [2.45, 2.75) is 31.8 Å². The second-order valence-electron chi connectivity index (χ2n) is 5.00. The fourth-order valence-corrected chi connectivity index (χ4v) is 2.35. The summed E-state index contributed by atoms with van der Waals surface area (Å²) in [6.45, 7) is 2.87. The molecule has 1 aliphatic rings. The van der Waals surface area contributed by atoms with Gasteiger partial charge in [0, 0.05) is 19.6 Å². The molecule has 2 rings (SSSR count). The molecule has 2 unspecified atom stereocenters. The smallest absolute Gasteiger partial charge is 0.239 e. The minimum absolute atomic E-state index is 0.0644. The van der Waals surface area contributed by atoms with Crippen LogP contribution in [-0.2, 0) is 11.2 Å². The first-order valence-electron chi connectivity index (χ1n) is 6.31. The second-order valence-corrected chi connectivity index (χ2v) is 5.00. The predicted molar refractivity (Wildman–Crippen MR) is 68.7 cm³/mol. The van der Waals surface area contributed by atoms with Gasteiger partial charge in [-0.1, -0.05) is 12.1 Å². The summed E-state index contributed by atoms with van der Waals surface area (Å²) in [5.74, 6) is -0.0482. The van der Waals surface area contributed by atoms with Gasteiger partial charge in [-0.05, 0) is 37.5 Å². The average Bonchev–Trinajstić information content (AvgIpc) is 2.64. The zero-order chi connectivity index (χ0) is 13.1. The van der Waals surface area contributed by atoms with Crippen LogP contribution in [0.2, 0.25) is 0 Å². The summed E-state index contributed by atoms with van der Waals surface area (Å²) in [5, 5.41) is 3.34. The number of rotatable bonds is 4. The van der Waals surface area contributed by atoms with Crippen LogP contribution in [0.25, 0.3) is 0 Å². The Morgan fingerprint density at radius 3 is 2.67 bits per heavy atom. The number of nitrogens with one attached hydrogen (secondary N) is 1. The van der Waals surface area contributed by atoms with Gasteiger partial charge in [-0.3, -0.25) is 4.79 Å². The minimum atomic E-state index is -0.216. The van der Waals surface area contributed by atoms with E-state index in [0.29, 0.717) is 0 Å². The number of likely N-dealkylation sites (tertiary alicyclic amines) is 1. The van der Waals surface area contributed by atoms with Crippen LogP contribution in [0, 0.1) is 5.82 Å². The molecule has 0 bridgehead atoms. The minimum Gasteiger partial charge on any atom is -0.344 e. The van der Waals surface area contributed by atoms with Crippen molar-refractivity contribution >= 4 is 5.91 Å². The number of benzene rings is 1. The molecule has 1 fully saturated rings. The highest BCUT2D eigenvalue weighted by Gasteiger charge is 2.29. The zero-order valence-electron chi connectivity index (χ0n) is 10.8. The summed E-state index contributed by atoms with van der Waals surface area (Å²) < 4.78 is 12.8. The molecule has 1 aromatic carbocycles. The van der Waals surface area contributed by atoms with Crippen molar-refractivity contribution in [2.75, 3.05) is 13.6 Å². The Balaban J connectivity index is 1.87. The summed E-state index contributed by atoms with van der Waals surface area (Å²) in [4.78, 5) is 13.5. The highest BCUT2D eigenvalue weighted by Crippen LogP contribution is 2.11. The van der Waals surface area contributed by atoms with E-state index in [9.17, 15) is 9.18 Å². The van der Waals surface area contributed by atoms with Gasteiger partial charge in [0.15, 0.2) is 0 Å². The SMILES string of the molecule is CC(Cc1ccc(F)cc1)NC1CCN(C)C1=O. The third-order valence-corrected chi connectivity index (χ3v) is 3.37. The molecule has 1 heterocycles. The first-order chi connectivity index (χ1) is 8.56. The van der Waals surface area contributed by atoms with Gasteiger partial charge in [0.2, 0.25) is 5.91 Å². The zero-order valence-corrected chi connectivity index (χ0v) is 10.8. The Labute approximate surface area is 107 Å². The quantitative estimate of drug-likeness (QED) is 0.880. The maximum atomic E-state index is 12.8. The predicted octanol–water partition coefficient (Wildman–Crippen LogP) is 1.58. The first kappa shape index (κ1) is 13.0. The fraction of sp³-hybridized carbons (Fsp3) is 0.500. The van der Waals surface area contributed by atoms with Crippen LogP contribution in [0.5, 0.6) is 0 Å². The number of halogens is 1. The maximum absolute atomic E-state index is 12.8. The molecule has 3 nitrogen and oxygen atoms in total. The van der Waals surface area contributed by atoms with Gasteiger partial charge in [0.1, 0.15) is 5.82 Å². The molecular formula is C14H19FN2O. The molecule has 0 radical (unpaired) electrons. The van der Waals surface area contributed by atoms with Gasteiger partial charge in [0.25, 0.3) is 0 Å². The lowest BCUT2D eigenvalue weighted by Gasteiger charge is -2.18. The topological polar surface area (TPSA) is 32.3 Å². The van der Waals surface area contributed by atoms with E-state index < -0.39 is 0 Å². The third kappa shape index (κ3) is 3.07. The number of carbonyl (C=O) groups excluding carboxylic acids is 1. The molecule has 1 aromatic rings. The molecule has 1 saturated heterocycles. The monoisotopic (exact) mass is 250 g/mol. The molecule has 4 heteroatoms. The molecule has 18 heavy (non-hydrogen) atoms. The van der Waals surface area contributed by atoms with Crippen LogP contribution >= 0.6 is 0 Å². The average molecular weight is 250 g/mol. The van der Waals surface area contributed by atoms with Crippen LogP contribution < -0.4 is 5.32 Å². The Bertz CT molecular complexity index is 418. The summed E-state index contributed by atoms with van der Waals surface area (Å²) >= 11 is 0.